The summed E-state index contributed by atoms with van der Waals surface area (Å²) >= 11 is 17.4. The lowest BCUT2D eigenvalue weighted by Gasteiger charge is -2.07. The monoisotopic (exact) mass is 316 g/mol. The summed E-state index contributed by atoms with van der Waals surface area (Å²) in [6, 6.07) is -1.57. The molecular formula is C12H23Cl3OSi. The molecule has 0 radical (unpaired) electrons. The molecule has 0 bridgehead atoms. The fourth-order valence-electron chi connectivity index (χ4n) is 1.48. The molecule has 0 rings (SSSR count). The second kappa shape index (κ2) is 10.7. The molecule has 17 heavy (non-hydrogen) atoms. The van der Waals surface area contributed by atoms with Crippen molar-refractivity contribution in [3.8, 4) is 0 Å². The molecule has 0 saturated carbocycles. The highest BCUT2D eigenvalue weighted by molar-refractivity contribution is 7.64. The number of unbranched alkanes of at least 4 members (excludes halogenated alkanes) is 5. The van der Waals surface area contributed by atoms with Gasteiger partial charge in [0.05, 0.1) is 6.61 Å². The number of hydrogen-bond donors (Lipinski definition) is 0. The Morgan fingerprint density at radius 2 is 1.53 bits per heavy atom. The van der Waals surface area contributed by atoms with Crippen molar-refractivity contribution >= 4 is 39.2 Å². The average Bonchev–Trinajstić information content (AvgIpc) is 2.18. The maximum atomic E-state index is 5.80. The second-order valence-electron chi connectivity index (χ2n) is 4.50. The van der Waals surface area contributed by atoms with Crippen LogP contribution in [-0.4, -0.2) is 19.2 Å². The minimum Gasteiger partial charge on any atom is -0.377 e. The maximum absolute atomic E-state index is 5.80. The Morgan fingerprint density at radius 3 is 2.06 bits per heavy atom. The van der Waals surface area contributed by atoms with Gasteiger partial charge in [0, 0.05) is 6.61 Å². The van der Waals surface area contributed by atoms with Gasteiger partial charge in [0.1, 0.15) is 0 Å². The van der Waals surface area contributed by atoms with Gasteiger partial charge in [-0.3, -0.25) is 0 Å². The topological polar surface area (TPSA) is 9.23 Å². The van der Waals surface area contributed by atoms with E-state index in [0.717, 1.165) is 31.1 Å². The third kappa shape index (κ3) is 16.8. The fraction of sp³-hybridized carbons (Fsp3) is 0.833. The zero-order valence-electron chi connectivity index (χ0n) is 10.6. The van der Waals surface area contributed by atoms with Crippen LogP contribution in [0.2, 0.25) is 6.04 Å². The van der Waals surface area contributed by atoms with Crippen LogP contribution < -0.4 is 0 Å². The summed E-state index contributed by atoms with van der Waals surface area (Å²) in [6.45, 7) is 7.30. The van der Waals surface area contributed by atoms with E-state index < -0.39 is 6.00 Å². The van der Waals surface area contributed by atoms with Crippen LogP contribution in [0.3, 0.4) is 0 Å². The van der Waals surface area contributed by atoms with E-state index in [1.807, 2.05) is 6.92 Å². The van der Waals surface area contributed by atoms with Crippen LogP contribution in [0.5, 0.6) is 0 Å². The summed E-state index contributed by atoms with van der Waals surface area (Å²) in [5.74, 6) is 0. The Labute approximate surface area is 121 Å². The van der Waals surface area contributed by atoms with Crippen LogP contribution in [0.4, 0.5) is 0 Å². The van der Waals surface area contributed by atoms with E-state index in [4.69, 9.17) is 38.0 Å². The molecule has 1 nitrogen and oxygen atoms in total. The molecule has 0 heterocycles. The Bertz CT molecular complexity index is 204. The highest BCUT2D eigenvalue weighted by Gasteiger charge is 2.23. The van der Waals surface area contributed by atoms with Crippen LogP contribution >= 0.6 is 33.2 Å². The first-order valence-corrected chi connectivity index (χ1v) is 11.4. The Morgan fingerprint density at radius 1 is 1.00 bits per heavy atom. The second-order valence-corrected chi connectivity index (χ2v) is 13.8. The fourth-order valence-corrected chi connectivity index (χ4v) is 3.34. The Balaban J connectivity index is 3.06. The minimum absolute atomic E-state index is 0.688. The standard InChI is InChI=1S/C12H23Cl3OSi/c1-12(2)11-16-9-7-5-3-4-6-8-10-17(13,14)15/h1,3-11H2,2H3. The van der Waals surface area contributed by atoms with Crippen molar-refractivity contribution in [3.63, 3.8) is 0 Å². The van der Waals surface area contributed by atoms with Crippen molar-refractivity contribution in [1.29, 1.82) is 0 Å². The predicted octanol–water partition coefficient (Wildman–Crippen LogP) is 5.58. The average molecular weight is 318 g/mol. The Hall–Kier alpha value is 0.787. The van der Waals surface area contributed by atoms with E-state index in [9.17, 15) is 0 Å². The molecule has 0 aromatic heterocycles. The Kier molecular flexibility index (Phi) is 11.2. The molecule has 0 aliphatic carbocycles. The predicted molar refractivity (Wildman–Crippen MR) is 81.5 cm³/mol. The summed E-state index contributed by atoms with van der Waals surface area (Å²) in [4.78, 5) is 0. The SMILES string of the molecule is C=C(C)COCCCCCCCC[Si](Cl)(Cl)Cl. The van der Waals surface area contributed by atoms with Gasteiger partial charge in [-0.1, -0.05) is 44.3 Å². The molecule has 0 unspecified atom stereocenters. The lowest BCUT2D eigenvalue weighted by Crippen LogP contribution is -2.07. The van der Waals surface area contributed by atoms with E-state index in [1.54, 1.807) is 0 Å². The third-order valence-electron chi connectivity index (χ3n) is 2.35. The summed E-state index contributed by atoms with van der Waals surface area (Å²) in [5, 5.41) is 0. The van der Waals surface area contributed by atoms with Gasteiger partial charge in [-0.05, 0) is 19.4 Å². The summed E-state index contributed by atoms with van der Waals surface area (Å²) in [5.41, 5.74) is 1.08. The van der Waals surface area contributed by atoms with E-state index in [2.05, 4.69) is 6.58 Å². The molecule has 0 aliphatic rings. The number of ether oxygens (including phenoxy) is 1. The van der Waals surface area contributed by atoms with Crippen LogP contribution in [0.1, 0.15) is 45.4 Å². The highest BCUT2D eigenvalue weighted by Crippen LogP contribution is 2.27. The van der Waals surface area contributed by atoms with E-state index in [1.165, 1.54) is 25.7 Å². The lowest BCUT2D eigenvalue weighted by atomic mass is 10.1. The first-order chi connectivity index (χ1) is 7.92. The smallest absolute Gasteiger partial charge is 0.341 e. The highest BCUT2D eigenvalue weighted by atomic mass is 35.8. The molecule has 0 N–H and O–H groups in total. The molecule has 0 fully saturated rings. The van der Waals surface area contributed by atoms with Gasteiger partial charge >= 0.3 is 6.00 Å². The molecule has 0 aliphatic heterocycles. The molecule has 102 valence electrons. The molecule has 0 saturated heterocycles. The van der Waals surface area contributed by atoms with Crippen molar-refractivity contribution in [2.24, 2.45) is 0 Å². The van der Waals surface area contributed by atoms with Crippen LogP contribution in [0, 0.1) is 0 Å². The van der Waals surface area contributed by atoms with Crippen LogP contribution in [0.25, 0.3) is 0 Å². The summed E-state index contributed by atoms with van der Waals surface area (Å²) in [7, 11) is 0. The van der Waals surface area contributed by atoms with Crippen molar-refractivity contribution in [3.05, 3.63) is 12.2 Å². The molecule has 0 amide bonds. The van der Waals surface area contributed by atoms with Gasteiger partial charge in [0.15, 0.2) is 0 Å². The van der Waals surface area contributed by atoms with Gasteiger partial charge in [0.2, 0.25) is 0 Å². The van der Waals surface area contributed by atoms with Crippen molar-refractivity contribution in [1.82, 2.24) is 0 Å². The third-order valence-corrected chi connectivity index (χ3v) is 4.97. The molecule has 0 atom stereocenters. The maximum Gasteiger partial charge on any atom is 0.341 e. The quantitative estimate of drug-likeness (QED) is 0.209. The van der Waals surface area contributed by atoms with Crippen LogP contribution in [-0.2, 0) is 4.74 Å². The molecule has 0 aromatic carbocycles. The number of hydrogen-bond acceptors (Lipinski definition) is 1. The normalized spacial score (nSPS) is 11.8. The van der Waals surface area contributed by atoms with Gasteiger partial charge in [-0.15, -0.1) is 33.2 Å². The van der Waals surface area contributed by atoms with Crippen molar-refractivity contribution < 1.29 is 4.74 Å². The lowest BCUT2D eigenvalue weighted by molar-refractivity contribution is 0.151. The first-order valence-electron chi connectivity index (χ1n) is 6.20. The van der Waals surface area contributed by atoms with E-state index >= 15 is 0 Å². The number of halogens is 3. The summed E-state index contributed by atoms with van der Waals surface area (Å²) in [6.07, 6.45) is 7.06. The van der Waals surface area contributed by atoms with Gasteiger partial charge in [-0.2, -0.15) is 0 Å². The molecular weight excluding hydrogens is 295 g/mol. The molecule has 0 spiro atoms. The van der Waals surface area contributed by atoms with Crippen molar-refractivity contribution in [2.75, 3.05) is 13.2 Å². The largest absolute Gasteiger partial charge is 0.377 e. The molecule has 0 aromatic rings. The number of rotatable bonds is 11. The first kappa shape index (κ1) is 17.8. The summed E-state index contributed by atoms with van der Waals surface area (Å²) < 4.78 is 5.42. The minimum atomic E-state index is -2.37. The zero-order chi connectivity index (χ0) is 13.1. The molecule has 5 heteroatoms. The van der Waals surface area contributed by atoms with Crippen molar-refractivity contribution in [2.45, 2.75) is 51.5 Å². The zero-order valence-corrected chi connectivity index (χ0v) is 13.9. The van der Waals surface area contributed by atoms with E-state index in [-0.39, 0.29) is 0 Å². The van der Waals surface area contributed by atoms with Crippen LogP contribution in [0.15, 0.2) is 12.2 Å². The van der Waals surface area contributed by atoms with Gasteiger partial charge in [-0.25, -0.2) is 0 Å². The van der Waals surface area contributed by atoms with Gasteiger partial charge < -0.3 is 4.74 Å². The van der Waals surface area contributed by atoms with E-state index in [0.29, 0.717) is 6.61 Å². The van der Waals surface area contributed by atoms with Gasteiger partial charge in [0.25, 0.3) is 0 Å².